The van der Waals surface area contributed by atoms with Crippen LogP contribution < -0.4 is 10.2 Å². The van der Waals surface area contributed by atoms with Crippen molar-refractivity contribution in [3.05, 3.63) is 47.7 Å². The van der Waals surface area contributed by atoms with Gasteiger partial charge >= 0.3 is 0 Å². The molecule has 1 aliphatic heterocycles. The summed E-state index contributed by atoms with van der Waals surface area (Å²) in [5.74, 6) is 3.14. The summed E-state index contributed by atoms with van der Waals surface area (Å²) >= 11 is 1.93. The molecule has 6 nitrogen and oxygen atoms in total. The number of rotatable bonds is 9. The van der Waals surface area contributed by atoms with Crippen molar-refractivity contribution >= 4 is 29.4 Å². The second kappa shape index (κ2) is 9.60. The Bertz CT molecular complexity index is 773. The van der Waals surface area contributed by atoms with Gasteiger partial charge in [0.05, 0.1) is 19.3 Å². The van der Waals surface area contributed by atoms with E-state index in [1.807, 2.05) is 46.8 Å². The summed E-state index contributed by atoms with van der Waals surface area (Å²) in [4.78, 5) is 26.2. The number of amides is 2. The van der Waals surface area contributed by atoms with E-state index >= 15 is 0 Å². The minimum atomic E-state index is -0.0471. The minimum Gasteiger partial charge on any atom is -0.352 e. The quantitative estimate of drug-likeness (QED) is 0.673. The Morgan fingerprint density at radius 1 is 1.22 bits per heavy atom. The molecule has 2 amide bonds. The van der Waals surface area contributed by atoms with Gasteiger partial charge in [-0.15, -0.1) is 0 Å². The maximum absolute atomic E-state index is 12.3. The zero-order valence-corrected chi connectivity index (χ0v) is 16.5. The largest absolute Gasteiger partial charge is 0.352 e. The van der Waals surface area contributed by atoms with E-state index in [4.69, 9.17) is 0 Å². The molecule has 0 saturated carbocycles. The van der Waals surface area contributed by atoms with Crippen LogP contribution in [0.25, 0.3) is 0 Å². The van der Waals surface area contributed by atoms with Gasteiger partial charge in [-0.25, -0.2) is 4.68 Å². The molecule has 1 aromatic heterocycles. The highest BCUT2D eigenvalue weighted by atomic mass is 32.2. The van der Waals surface area contributed by atoms with Crippen LogP contribution in [0.2, 0.25) is 0 Å². The van der Waals surface area contributed by atoms with E-state index in [-0.39, 0.29) is 11.8 Å². The van der Waals surface area contributed by atoms with E-state index in [9.17, 15) is 9.59 Å². The summed E-state index contributed by atoms with van der Waals surface area (Å²) in [6.07, 6.45) is 4.36. The number of carbonyl (C=O) groups is 2. The third-order valence-electron chi connectivity index (χ3n) is 4.47. The Morgan fingerprint density at radius 2 is 2.04 bits per heavy atom. The van der Waals surface area contributed by atoms with Crippen molar-refractivity contribution in [2.75, 3.05) is 23.0 Å². The van der Waals surface area contributed by atoms with Crippen molar-refractivity contribution in [3.8, 4) is 0 Å². The van der Waals surface area contributed by atoms with Crippen molar-refractivity contribution in [2.45, 2.75) is 39.3 Å². The fraction of sp³-hybridized carbons (Fsp3) is 0.450. The van der Waals surface area contributed by atoms with Gasteiger partial charge in [0, 0.05) is 24.6 Å². The summed E-state index contributed by atoms with van der Waals surface area (Å²) in [5.41, 5.74) is 1.64. The number of aromatic nitrogens is 2. The Morgan fingerprint density at radius 3 is 2.81 bits per heavy atom. The monoisotopic (exact) mass is 386 g/mol. The average Bonchev–Trinajstić information content (AvgIpc) is 3.16. The van der Waals surface area contributed by atoms with Gasteiger partial charge in [0.15, 0.2) is 0 Å². The molecule has 0 atom stereocenters. The summed E-state index contributed by atoms with van der Waals surface area (Å²) in [6, 6.07) is 9.32. The Hall–Kier alpha value is -2.28. The van der Waals surface area contributed by atoms with E-state index in [2.05, 4.69) is 17.3 Å². The summed E-state index contributed by atoms with van der Waals surface area (Å²) in [6.45, 7) is 3.99. The number of aryl methyl sites for hydroxylation is 1. The molecule has 0 fully saturated rings. The minimum absolute atomic E-state index is 0.0471. The van der Waals surface area contributed by atoms with Crippen LogP contribution in [0.5, 0.6) is 0 Å². The molecule has 2 aromatic rings. The predicted octanol–water partition coefficient (Wildman–Crippen LogP) is 3.08. The van der Waals surface area contributed by atoms with Crippen LogP contribution in [0.4, 0.5) is 5.82 Å². The van der Waals surface area contributed by atoms with E-state index in [1.165, 1.54) is 12.2 Å². The van der Waals surface area contributed by atoms with Gasteiger partial charge in [0.2, 0.25) is 5.91 Å². The molecule has 1 aromatic carbocycles. The van der Waals surface area contributed by atoms with Gasteiger partial charge in [-0.1, -0.05) is 19.1 Å². The zero-order valence-electron chi connectivity index (χ0n) is 15.7. The first kappa shape index (κ1) is 19.5. The van der Waals surface area contributed by atoms with Crippen LogP contribution >= 0.6 is 11.8 Å². The normalized spacial score (nSPS) is 13.5. The second-order valence-electron chi connectivity index (χ2n) is 6.56. The molecule has 0 spiro atoms. The first-order valence-corrected chi connectivity index (χ1v) is 10.6. The number of nitrogens with zero attached hydrogens (tertiary/aromatic N) is 3. The number of hydrogen-bond acceptors (Lipinski definition) is 4. The Balaban J connectivity index is 1.52. The lowest BCUT2D eigenvalue weighted by molar-refractivity contribution is -0.119. The number of thioether (sulfide) groups is 1. The van der Waals surface area contributed by atoms with E-state index in [0.717, 1.165) is 23.6 Å². The molecule has 0 aliphatic carbocycles. The molecular weight excluding hydrogens is 360 g/mol. The molecule has 144 valence electrons. The van der Waals surface area contributed by atoms with Crippen molar-refractivity contribution in [3.63, 3.8) is 0 Å². The Labute approximate surface area is 164 Å². The molecule has 1 aliphatic rings. The second-order valence-corrected chi connectivity index (χ2v) is 7.79. The van der Waals surface area contributed by atoms with Gasteiger partial charge in [0.1, 0.15) is 5.82 Å². The third-order valence-corrected chi connectivity index (χ3v) is 5.74. The molecule has 0 saturated heterocycles. The number of anilines is 1. The smallest absolute Gasteiger partial charge is 0.251 e. The Kier molecular flexibility index (Phi) is 6.92. The molecule has 0 bridgehead atoms. The molecule has 0 unspecified atom stereocenters. The molecule has 3 rings (SSSR count). The van der Waals surface area contributed by atoms with Crippen molar-refractivity contribution < 1.29 is 9.59 Å². The maximum Gasteiger partial charge on any atom is 0.251 e. The van der Waals surface area contributed by atoms with Gasteiger partial charge in [-0.2, -0.15) is 16.9 Å². The zero-order chi connectivity index (χ0) is 19.1. The molecular formula is C20H26N4O2S. The van der Waals surface area contributed by atoms with Crippen molar-refractivity contribution in [2.24, 2.45) is 0 Å². The summed E-state index contributed by atoms with van der Waals surface area (Å²) < 4.78 is 1.85. The van der Waals surface area contributed by atoms with Gasteiger partial charge in [-0.3, -0.25) is 14.5 Å². The number of hydrogen-bond donors (Lipinski definition) is 1. The predicted molar refractivity (Wildman–Crippen MR) is 109 cm³/mol. The lowest BCUT2D eigenvalue weighted by atomic mass is 10.1. The van der Waals surface area contributed by atoms with Crippen molar-refractivity contribution in [1.29, 1.82) is 0 Å². The first-order valence-electron chi connectivity index (χ1n) is 9.46. The standard InChI is InChI=1S/C20H26N4O2S/c1-2-13-27-14-3-10-21-20(26)17-6-4-16(5-7-17)15-23-18-8-11-22-24(18)12-9-19(23)25/h4-8,11H,2-3,9-10,12-15H2,1H3,(H,21,26). The van der Waals surface area contributed by atoms with Crippen LogP contribution in [0.1, 0.15) is 42.1 Å². The van der Waals surface area contributed by atoms with Crippen LogP contribution in [0.15, 0.2) is 36.5 Å². The molecule has 2 heterocycles. The molecule has 7 heteroatoms. The SMILES string of the molecule is CCCSCCCNC(=O)c1ccc(CN2C(=O)CCn3nccc32)cc1. The van der Waals surface area contributed by atoms with Crippen LogP contribution in [-0.4, -0.2) is 39.6 Å². The number of benzene rings is 1. The molecule has 27 heavy (non-hydrogen) atoms. The lowest BCUT2D eigenvalue weighted by Gasteiger charge is -2.27. The fourth-order valence-electron chi connectivity index (χ4n) is 3.03. The summed E-state index contributed by atoms with van der Waals surface area (Å²) in [5, 5.41) is 7.21. The van der Waals surface area contributed by atoms with Gasteiger partial charge < -0.3 is 5.32 Å². The highest BCUT2D eigenvalue weighted by Gasteiger charge is 2.24. The van der Waals surface area contributed by atoms with E-state index in [1.54, 1.807) is 11.1 Å². The van der Waals surface area contributed by atoms with E-state index < -0.39 is 0 Å². The highest BCUT2D eigenvalue weighted by molar-refractivity contribution is 7.99. The van der Waals surface area contributed by atoms with Crippen LogP contribution in [-0.2, 0) is 17.9 Å². The summed E-state index contributed by atoms with van der Waals surface area (Å²) in [7, 11) is 0. The average molecular weight is 387 g/mol. The van der Waals surface area contributed by atoms with Crippen molar-refractivity contribution in [1.82, 2.24) is 15.1 Å². The first-order chi connectivity index (χ1) is 13.2. The number of carbonyl (C=O) groups excluding carboxylic acids is 2. The number of fused-ring (bicyclic) bond motifs is 1. The van der Waals surface area contributed by atoms with Gasteiger partial charge in [-0.05, 0) is 42.0 Å². The fourth-order valence-corrected chi connectivity index (χ4v) is 3.87. The van der Waals surface area contributed by atoms with E-state index in [0.29, 0.717) is 31.6 Å². The lowest BCUT2D eigenvalue weighted by Crippen LogP contribution is -2.36. The third kappa shape index (κ3) is 5.13. The van der Waals surface area contributed by atoms with Crippen LogP contribution in [0.3, 0.4) is 0 Å². The number of nitrogens with one attached hydrogen (secondary N) is 1. The maximum atomic E-state index is 12.3. The highest BCUT2D eigenvalue weighted by Crippen LogP contribution is 2.23. The van der Waals surface area contributed by atoms with Crippen LogP contribution in [0, 0.1) is 0 Å². The topological polar surface area (TPSA) is 67.2 Å². The molecule has 1 N–H and O–H groups in total. The van der Waals surface area contributed by atoms with Gasteiger partial charge in [0.25, 0.3) is 5.91 Å². The molecule has 0 radical (unpaired) electrons.